The maximum Gasteiger partial charge on any atom is 0.129 e. The van der Waals surface area contributed by atoms with Crippen molar-refractivity contribution in [1.82, 2.24) is 0 Å². The molecule has 0 amide bonds. The fourth-order valence-electron chi connectivity index (χ4n) is 2.57. The molecule has 2 aromatic rings. The zero-order valence-corrected chi connectivity index (χ0v) is 12.7. The van der Waals surface area contributed by atoms with Crippen molar-refractivity contribution in [2.24, 2.45) is 5.73 Å². The van der Waals surface area contributed by atoms with Crippen LogP contribution in [0.2, 0.25) is 0 Å². The van der Waals surface area contributed by atoms with Crippen molar-refractivity contribution in [2.45, 2.75) is 25.5 Å². The second kappa shape index (κ2) is 5.19. The molecule has 104 valence electrons. The molecule has 0 bridgehead atoms. The van der Waals surface area contributed by atoms with Gasteiger partial charge in [-0.15, -0.1) is 0 Å². The quantitative estimate of drug-likeness (QED) is 0.901. The van der Waals surface area contributed by atoms with E-state index in [2.05, 4.69) is 15.9 Å². The molecule has 0 fully saturated rings. The Balaban J connectivity index is 1.95. The topological polar surface area (TPSA) is 35.2 Å². The predicted molar refractivity (Wildman–Crippen MR) is 80.4 cm³/mol. The summed E-state index contributed by atoms with van der Waals surface area (Å²) < 4.78 is 20.4. The van der Waals surface area contributed by atoms with Gasteiger partial charge in [-0.25, -0.2) is 4.39 Å². The number of ether oxygens (including phenoxy) is 1. The first-order valence-electron chi connectivity index (χ1n) is 6.54. The van der Waals surface area contributed by atoms with E-state index in [1.54, 1.807) is 12.1 Å². The van der Waals surface area contributed by atoms with Gasteiger partial charge in [0.1, 0.15) is 17.7 Å². The molecule has 0 spiro atoms. The second-order valence-electron chi connectivity index (χ2n) is 5.14. The molecule has 3 rings (SSSR count). The minimum Gasteiger partial charge on any atom is -0.490 e. The van der Waals surface area contributed by atoms with E-state index in [-0.39, 0.29) is 11.9 Å². The van der Waals surface area contributed by atoms with Crippen molar-refractivity contribution in [3.8, 4) is 5.75 Å². The van der Waals surface area contributed by atoms with Gasteiger partial charge in [0.05, 0.1) is 6.04 Å². The summed E-state index contributed by atoms with van der Waals surface area (Å²) in [6.07, 6.45) is 1.07. The second-order valence-corrected chi connectivity index (χ2v) is 6.06. The Kier molecular flexibility index (Phi) is 3.52. The lowest BCUT2D eigenvalue weighted by Gasteiger charge is -2.14. The fraction of sp³-hybridized carbons (Fsp3) is 0.250. The van der Waals surface area contributed by atoms with Crippen molar-refractivity contribution < 1.29 is 9.13 Å². The van der Waals surface area contributed by atoms with E-state index in [0.717, 1.165) is 23.3 Å². The summed E-state index contributed by atoms with van der Waals surface area (Å²) in [7, 11) is 0. The number of hydrogen-bond donors (Lipinski definition) is 1. The summed E-state index contributed by atoms with van der Waals surface area (Å²) >= 11 is 3.25. The van der Waals surface area contributed by atoms with Crippen LogP contribution in [0.25, 0.3) is 0 Å². The number of halogens is 2. The van der Waals surface area contributed by atoms with E-state index < -0.39 is 6.04 Å². The summed E-state index contributed by atoms with van der Waals surface area (Å²) in [6, 6.07) is 10.3. The highest BCUT2D eigenvalue weighted by Gasteiger charge is 2.21. The summed E-state index contributed by atoms with van der Waals surface area (Å²) in [4.78, 5) is 0. The Hall–Kier alpha value is -1.39. The van der Waals surface area contributed by atoms with E-state index in [4.69, 9.17) is 10.5 Å². The highest BCUT2D eigenvalue weighted by atomic mass is 79.9. The first kappa shape index (κ1) is 13.6. The first-order valence-corrected chi connectivity index (χ1v) is 7.34. The number of rotatable bonds is 2. The van der Waals surface area contributed by atoms with Crippen LogP contribution in [0.1, 0.15) is 29.7 Å². The summed E-state index contributed by atoms with van der Waals surface area (Å²) in [5.74, 6) is 0.613. The van der Waals surface area contributed by atoms with Gasteiger partial charge in [-0.2, -0.15) is 0 Å². The fourth-order valence-corrected chi connectivity index (χ4v) is 2.90. The van der Waals surface area contributed by atoms with E-state index in [1.807, 2.05) is 25.1 Å². The summed E-state index contributed by atoms with van der Waals surface area (Å²) in [5, 5.41) is 0. The van der Waals surface area contributed by atoms with Crippen molar-refractivity contribution in [3.05, 3.63) is 63.4 Å². The van der Waals surface area contributed by atoms with Gasteiger partial charge in [0.15, 0.2) is 0 Å². The van der Waals surface area contributed by atoms with Crippen LogP contribution in [0, 0.1) is 5.82 Å². The van der Waals surface area contributed by atoms with Gasteiger partial charge < -0.3 is 10.5 Å². The molecule has 0 radical (unpaired) electrons. The molecule has 0 aromatic heterocycles. The molecule has 2 atom stereocenters. The molecule has 1 aliphatic rings. The Morgan fingerprint density at radius 1 is 1.30 bits per heavy atom. The lowest BCUT2D eigenvalue weighted by atomic mass is 9.96. The molecule has 2 nitrogen and oxygen atoms in total. The van der Waals surface area contributed by atoms with Crippen LogP contribution in [-0.2, 0) is 6.42 Å². The minimum absolute atomic E-state index is 0.195. The smallest absolute Gasteiger partial charge is 0.129 e. The zero-order valence-electron chi connectivity index (χ0n) is 11.1. The number of hydrogen-bond acceptors (Lipinski definition) is 2. The lowest BCUT2D eigenvalue weighted by molar-refractivity contribution is 0.254. The van der Waals surface area contributed by atoms with E-state index in [0.29, 0.717) is 10.0 Å². The Morgan fingerprint density at radius 3 is 2.85 bits per heavy atom. The third-order valence-electron chi connectivity index (χ3n) is 3.58. The van der Waals surface area contributed by atoms with Crippen molar-refractivity contribution >= 4 is 15.9 Å². The van der Waals surface area contributed by atoms with Gasteiger partial charge in [-0.05, 0) is 36.2 Å². The number of nitrogens with two attached hydrogens (primary N) is 1. The SMILES string of the molecule is CC1Cc2cc(C(N)c3ccc(Br)cc3F)ccc2O1. The van der Waals surface area contributed by atoms with Crippen molar-refractivity contribution in [1.29, 1.82) is 0 Å². The molecule has 20 heavy (non-hydrogen) atoms. The molecular formula is C16H15BrFNO. The van der Waals surface area contributed by atoms with Crippen molar-refractivity contribution in [3.63, 3.8) is 0 Å². The van der Waals surface area contributed by atoms with Gasteiger partial charge in [0.2, 0.25) is 0 Å². The predicted octanol–water partition coefficient (Wildman–Crippen LogP) is 3.96. The maximum atomic E-state index is 14.0. The standard InChI is InChI=1S/C16H15BrFNO/c1-9-6-11-7-10(2-5-15(11)20-9)16(19)13-4-3-12(17)8-14(13)18/h2-5,7-9,16H,6,19H2,1H3. The third-order valence-corrected chi connectivity index (χ3v) is 4.07. The highest BCUT2D eigenvalue weighted by molar-refractivity contribution is 9.10. The molecular weight excluding hydrogens is 321 g/mol. The average Bonchev–Trinajstić information content (AvgIpc) is 2.77. The van der Waals surface area contributed by atoms with E-state index in [9.17, 15) is 4.39 Å². The van der Waals surface area contributed by atoms with Crippen molar-refractivity contribution in [2.75, 3.05) is 0 Å². The monoisotopic (exact) mass is 335 g/mol. The van der Waals surface area contributed by atoms with Crippen LogP contribution >= 0.6 is 15.9 Å². The van der Waals surface area contributed by atoms with Gasteiger partial charge in [-0.1, -0.05) is 34.1 Å². The average molecular weight is 336 g/mol. The molecule has 2 aromatic carbocycles. The third kappa shape index (κ3) is 2.45. The van der Waals surface area contributed by atoms with Crippen LogP contribution in [0.3, 0.4) is 0 Å². The molecule has 1 heterocycles. The number of benzene rings is 2. The Morgan fingerprint density at radius 2 is 2.10 bits per heavy atom. The molecule has 4 heteroatoms. The van der Waals surface area contributed by atoms with Crippen LogP contribution in [0.5, 0.6) is 5.75 Å². The summed E-state index contributed by atoms with van der Waals surface area (Å²) in [6.45, 7) is 2.04. The minimum atomic E-state index is -0.468. The largest absolute Gasteiger partial charge is 0.490 e. The Bertz CT molecular complexity index is 659. The van der Waals surface area contributed by atoms with Crippen LogP contribution < -0.4 is 10.5 Å². The van der Waals surface area contributed by atoms with Crippen LogP contribution in [-0.4, -0.2) is 6.10 Å². The number of fused-ring (bicyclic) bond motifs is 1. The van der Waals surface area contributed by atoms with E-state index in [1.165, 1.54) is 6.07 Å². The molecule has 2 N–H and O–H groups in total. The van der Waals surface area contributed by atoms with E-state index >= 15 is 0 Å². The molecule has 1 aliphatic heterocycles. The maximum absolute atomic E-state index is 14.0. The van der Waals surface area contributed by atoms with Gasteiger partial charge >= 0.3 is 0 Å². The van der Waals surface area contributed by atoms with Crippen LogP contribution in [0.15, 0.2) is 40.9 Å². The normalized spacial score (nSPS) is 18.5. The molecule has 2 unspecified atom stereocenters. The first-order chi connectivity index (χ1) is 9.54. The van der Waals surface area contributed by atoms with Gasteiger partial charge in [0.25, 0.3) is 0 Å². The molecule has 0 saturated heterocycles. The highest BCUT2D eigenvalue weighted by Crippen LogP contribution is 2.32. The summed E-state index contributed by atoms with van der Waals surface area (Å²) in [5.41, 5.74) is 8.75. The Labute approximate surface area is 125 Å². The van der Waals surface area contributed by atoms with Crippen LogP contribution in [0.4, 0.5) is 4.39 Å². The van der Waals surface area contributed by atoms with Gasteiger partial charge in [-0.3, -0.25) is 0 Å². The zero-order chi connectivity index (χ0) is 14.3. The van der Waals surface area contributed by atoms with Gasteiger partial charge in [0, 0.05) is 16.5 Å². The molecule has 0 aliphatic carbocycles. The lowest BCUT2D eigenvalue weighted by Crippen LogP contribution is -2.13. The molecule has 0 saturated carbocycles.